The quantitative estimate of drug-likeness (QED) is 0.942. The lowest BCUT2D eigenvalue weighted by Gasteiger charge is -2.24. The fraction of sp³-hybridized carbons (Fsp3) is 0.333. The summed E-state index contributed by atoms with van der Waals surface area (Å²) in [5, 5.41) is 12.1. The van der Waals surface area contributed by atoms with E-state index < -0.39 is 5.82 Å². The van der Waals surface area contributed by atoms with Crippen molar-refractivity contribution in [3.05, 3.63) is 59.0 Å². The summed E-state index contributed by atoms with van der Waals surface area (Å²) >= 11 is 0. The van der Waals surface area contributed by atoms with E-state index in [4.69, 9.17) is 10.00 Å². The Labute approximate surface area is 134 Å². The zero-order valence-corrected chi connectivity index (χ0v) is 12.8. The number of piperidine rings is 1. The predicted octanol–water partition coefficient (Wildman–Crippen LogP) is 3.14. The smallest absolute Gasteiger partial charge is 0.217 e. The number of pyridine rings is 1. The van der Waals surface area contributed by atoms with Gasteiger partial charge < -0.3 is 10.1 Å². The van der Waals surface area contributed by atoms with Crippen molar-refractivity contribution >= 4 is 0 Å². The molecule has 0 bridgehead atoms. The molecule has 2 heterocycles. The Hall–Kier alpha value is -2.45. The molecule has 118 valence electrons. The van der Waals surface area contributed by atoms with Crippen LogP contribution in [0.4, 0.5) is 4.39 Å². The summed E-state index contributed by atoms with van der Waals surface area (Å²) in [5.74, 6) is 0.567. The molecule has 1 aliphatic rings. The standard InChI is InChI=1S/C18H18FN3O/c19-17-10-13(11-20)3-4-15(17)12-23-18-16(2-1-7-22-18)14-5-8-21-9-6-14/h1-4,7,10,14,21H,5-6,8-9,12H2. The van der Waals surface area contributed by atoms with Crippen LogP contribution in [0.3, 0.4) is 0 Å². The van der Waals surface area contributed by atoms with Crippen molar-refractivity contribution in [2.45, 2.75) is 25.4 Å². The molecular formula is C18H18FN3O. The summed E-state index contributed by atoms with van der Waals surface area (Å²) in [6.07, 6.45) is 3.79. The van der Waals surface area contributed by atoms with Crippen LogP contribution in [0.25, 0.3) is 0 Å². The average Bonchev–Trinajstić information content (AvgIpc) is 2.61. The Morgan fingerprint density at radius 1 is 1.30 bits per heavy atom. The van der Waals surface area contributed by atoms with Crippen LogP contribution in [-0.4, -0.2) is 18.1 Å². The molecule has 23 heavy (non-hydrogen) atoms. The molecule has 1 fully saturated rings. The first-order valence-electron chi connectivity index (χ1n) is 7.75. The van der Waals surface area contributed by atoms with Gasteiger partial charge in [-0.15, -0.1) is 0 Å². The molecule has 5 heteroatoms. The second kappa shape index (κ2) is 7.21. The Kier molecular flexibility index (Phi) is 4.84. The van der Waals surface area contributed by atoms with Gasteiger partial charge in [-0.1, -0.05) is 12.1 Å². The molecule has 2 aromatic rings. The molecule has 0 radical (unpaired) electrons. The van der Waals surface area contributed by atoms with E-state index in [-0.39, 0.29) is 6.61 Å². The van der Waals surface area contributed by atoms with Gasteiger partial charge in [0.25, 0.3) is 0 Å². The van der Waals surface area contributed by atoms with Gasteiger partial charge in [-0.2, -0.15) is 5.26 Å². The van der Waals surface area contributed by atoms with E-state index in [1.165, 1.54) is 6.07 Å². The first-order chi connectivity index (χ1) is 11.3. The minimum atomic E-state index is -0.427. The van der Waals surface area contributed by atoms with E-state index in [1.807, 2.05) is 18.2 Å². The van der Waals surface area contributed by atoms with E-state index in [0.717, 1.165) is 31.5 Å². The Balaban J connectivity index is 1.74. The minimum absolute atomic E-state index is 0.104. The molecule has 1 aromatic heterocycles. The lowest BCUT2D eigenvalue weighted by atomic mass is 9.91. The summed E-state index contributed by atoms with van der Waals surface area (Å²) in [5.41, 5.74) is 1.81. The zero-order valence-electron chi connectivity index (χ0n) is 12.8. The number of nitrogens with zero attached hydrogens (tertiary/aromatic N) is 2. The average molecular weight is 311 g/mol. The number of benzene rings is 1. The van der Waals surface area contributed by atoms with Crippen LogP contribution < -0.4 is 10.1 Å². The Morgan fingerprint density at radius 2 is 2.13 bits per heavy atom. The van der Waals surface area contributed by atoms with Gasteiger partial charge in [-0.25, -0.2) is 9.37 Å². The summed E-state index contributed by atoms with van der Waals surface area (Å²) < 4.78 is 19.7. The molecule has 3 rings (SSSR count). The highest BCUT2D eigenvalue weighted by atomic mass is 19.1. The van der Waals surface area contributed by atoms with Gasteiger partial charge in [0.2, 0.25) is 5.88 Å². The predicted molar refractivity (Wildman–Crippen MR) is 84.5 cm³/mol. The molecule has 0 amide bonds. The SMILES string of the molecule is N#Cc1ccc(COc2ncccc2C2CCNCC2)c(F)c1. The number of halogens is 1. The van der Waals surface area contributed by atoms with Crippen molar-refractivity contribution < 1.29 is 9.13 Å². The Morgan fingerprint density at radius 3 is 2.87 bits per heavy atom. The number of rotatable bonds is 4. The summed E-state index contributed by atoms with van der Waals surface area (Å²) in [6.45, 7) is 2.08. The summed E-state index contributed by atoms with van der Waals surface area (Å²) in [7, 11) is 0. The highest BCUT2D eigenvalue weighted by Crippen LogP contribution is 2.31. The molecule has 1 aliphatic heterocycles. The Bertz CT molecular complexity index is 720. The maximum atomic E-state index is 13.9. The van der Waals surface area contributed by atoms with Gasteiger partial charge in [0.1, 0.15) is 12.4 Å². The zero-order chi connectivity index (χ0) is 16.1. The molecule has 0 atom stereocenters. The highest BCUT2D eigenvalue weighted by molar-refractivity contribution is 5.34. The monoisotopic (exact) mass is 311 g/mol. The topological polar surface area (TPSA) is 57.9 Å². The van der Waals surface area contributed by atoms with Crippen LogP contribution >= 0.6 is 0 Å². The van der Waals surface area contributed by atoms with E-state index >= 15 is 0 Å². The maximum Gasteiger partial charge on any atom is 0.217 e. The van der Waals surface area contributed by atoms with E-state index in [9.17, 15) is 4.39 Å². The fourth-order valence-corrected chi connectivity index (χ4v) is 2.85. The third-order valence-corrected chi connectivity index (χ3v) is 4.13. The summed E-state index contributed by atoms with van der Waals surface area (Å²) in [4.78, 5) is 4.31. The van der Waals surface area contributed by atoms with Gasteiger partial charge >= 0.3 is 0 Å². The minimum Gasteiger partial charge on any atom is -0.472 e. The molecule has 4 nitrogen and oxygen atoms in total. The molecule has 1 N–H and O–H groups in total. The van der Waals surface area contributed by atoms with E-state index in [0.29, 0.717) is 22.9 Å². The first kappa shape index (κ1) is 15.4. The third kappa shape index (κ3) is 3.66. The van der Waals surface area contributed by atoms with Gasteiger partial charge in [-0.3, -0.25) is 0 Å². The molecule has 1 saturated heterocycles. The number of hydrogen-bond acceptors (Lipinski definition) is 4. The van der Waals surface area contributed by atoms with Crippen molar-refractivity contribution in [1.82, 2.24) is 10.3 Å². The fourth-order valence-electron chi connectivity index (χ4n) is 2.85. The molecule has 0 unspecified atom stereocenters. The lowest BCUT2D eigenvalue weighted by molar-refractivity contribution is 0.280. The van der Waals surface area contributed by atoms with Crippen molar-refractivity contribution in [1.29, 1.82) is 5.26 Å². The molecule has 1 aromatic carbocycles. The first-order valence-corrected chi connectivity index (χ1v) is 7.75. The van der Waals surface area contributed by atoms with Crippen LogP contribution in [0.2, 0.25) is 0 Å². The van der Waals surface area contributed by atoms with Gasteiger partial charge in [0.05, 0.1) is 11.6 Å². The van der Waals surface area contributed by atoms with Gasteiger partial charge in [-0.05, 0) is 50.0 Å². The molecular weight excluding hydrogens is 293 g/mol. The second-order valence-electron chi connectivity index (χ2n) is 5.63. The number of hydrogen-bond donors (Lipinski definition) is 1. The van der Waals surface area contributed by atoms with Crippen molar-refractivity contribution in [3.63, 3.8) is 0 Å². The van der Waals surface area contributed by atoms with Gasteiger partial charge in [0.15, 0.2) is 0 Å². The molecule has 0 saturated carbocycles. The van der Waals surface area contributed by atoms with Crippen molar-refractivity contribution in [2.75, 3.05) is 13.1 Å². The largest absolute Gasteiger partial charge is 0.472 e. The number of ether oxygens (including phenoxy) is 1. The van der Waals surface area contributed by atoms with Gasteiger partial charge in [0, 0.05) is 17.3 Å². The summed E-state index contributed by atoms with van der Waals surface area (Å²) in [6, 6.07) is 10.3. The lowest BCUT2D eigenvalue weighted by Crippen LogP contribution is -2.27. The van der Waals surface area contributed by atoms with Crippen LogP contribution in [0.1, 0.15) is 35.4 Å². The van der Waals surface area contributed by atoms with Crippen LogP contribution in [0, 0.1) is 17.1 Å². The van der Waals surface area contributed by atoms with Crippen molar-refractivity contribution in [2.24, 2.45) is 0 Å². The van der Waals surface area contributed by atoms with E-state index in [1.54, 1.807) is 18.3 Å². The molecule has 0 spiro atoms. The number of aromatic nitrogens is 1. The third-order valence-electron chi connectivity index (χ3n) is 4.13. The highest BCUT2D eigenvalue weighted by Gasteiger charge is 2.19. The van der Waals surface area contributed by atoms with Crippen LogP contribution in [0.5, 0.6) is 5.88 Å². The van der Waals surface area contributed by atoms with Crippen molar-refractivity contribution in [3.8, 4) is 11.9 Å². The normalized spacial score (nSPS) is 15.1. The van der Waals surface area contributed by atoms with Crippen LogP contribution in [-0.2, 0) is 6.61 Å². The molecule has 0 aliphatic carbocycles. The maximum absolute atomic E-state index is 13.9. The van der Waals surface area contributed by atoms with E-state index in [2.05, 4.69) is 10.3 Å². The van der Waals surface area contributed by atoms with Crippen LogP contribution in [0.15, 0.2) is 36.5 Å². The number of nitrogens with one attached hydrogen (secondary N) is 1. The second-order valence-corrected chi connectivity index (χ2v) is 5.63. The number of nitriles is 1.